The van der Waals surface area contributed by atoms with Gasteiger partial charge in [-0.1, -0.05) is 60.7 Å². The van der Waals surface area contributed by atoms with Crippen molar-refractivity contribution in [1.82, 2.24) is 19.9 Å². The van der Waals surface area contributed by atoms with Gasteiger partial charge in [-0.05, 0) is 62.2 Å². The summed E-state index contributed by atoms with van der Waals surface area (Å²) in [7, 11) is 4.20. The molecule has 0 amide bonds. The van der Waals surface area contributed by atoms with E-state index in [4.69, 9.17) is 9.97 Å². The average molecular weight is 465 g/mol. The molecule has 0 saturated heterocycles. The summed E-state index contributed by atoms with van der Waals surface area (Å²) in [6, 6.07) is 25.3. The summed E-state index contributed by atoms with van der Waals surface area (Å²) in [6.45, 7) is 1.66. The van der Waals surface area contributed by atoms with Crippen LogP contribution < -0.4 is 10.6 Å². The maximum atomic E-state index is 5.12. The van der Waals surface area contributed by atoms with Gasteiger partial charge in [0, 0.05) is 24.8 Å². The number of aryl methyl sites for hydroxylation is 1. The van der Waals surface area contributed by atoms with Crippen LogP contribution in [-0.2, 0) is 19.4 Å². The lowest BCUT2D eigenvalue weighted by Crippen LogP contribution is -2.22. The van der Waals surface area contributed by atoms with Crippen LogP contribution >= 0.6 is 0 Å². The highest BCUT2D eigenvalue weighted by atomic mass is 15.1. The second-order valence-corrected chi connectivity index (χ2v) is 9.31. The van der Waals surface area contributed by atoms with Crippen LogP contribution in [-0.4, -0.2) is 40.5 Å². The van der Waals surface area contributed by atoms with E-state index in [1.54, 1.807) is 0 Å². The van der Waals surface area contributed by atoms with E-state index in [1.807, 2.05) is 24.4 Å². The largest absolute Gasteiger partial charge is 0.361 e. The van der Waals surface area contributed by atoms with Crippen molar-refractivity contribution >= 4 is 11.8 Å². The zero-order chi connectivity index (χ0) is 24.0. The standard InChI is InChI=1S/C29H32N6/c1-35(2)20-24-19-23-13-14-25(32-28(23)34-27(24)22-11-7-4-8-12-22)26-16-18-31-29(33-26)30-17-15-21-9-5-3-6-10-21/h3-12,16,18-19,25H,13-15,17,20H2,1-2H3,(H,32,34)(H,30,31,33). The van der Waals surface area contributed by atoms with Gasteiger partial charge in [0.25, 0.3) is 0 Å². The minimum absolute atomic E-state index is 0.107. The molecule has 0 saturated carbocycles. The highest BCUT2D eigenvalue weighted by Gasteiger charge is 2.24. The van der Waals surface area contributed by atoms with Gasteiger partial charge in [-0.3, -0.25) is 0 Å². The lowest BCUT2D eigenvalue weighted by molar-refractivity contribution is 0.402. The van der Waals surface area contributed by atoms with Gasteiger partial charge < -0.3 is 15.5 Å². The Morgan fingerprint density at radius 3 is 2.51 bits per heavy atom. The fraction of sp³-hybridized carbons (Fsp3) is 0.276. The Morgan fingerprint density at radius 1 is 0.971 bits per heavy atom. The zero-order valence-corrected chi connectivity index (χ0v) is 20.4. The Kier molecular flexibility index (Phi) is 7.00. The molecule has 0 bridgehead atoms. The summed E-state index contributed by atoms with van der Waals surface area (Å²) in [6.07, 6.45) is 4.72. The summed E-state index contributed by atoms with van der Waals surface area (Å²) in [5, 5.41) is 7.05. The smallest absolute Gasteiger partial charge is 0.222 e. The highest BCUT2D eigenvalue weighted by molar-refractivity contribution is 5.67. The Hall–Kier alpha value is -3.77. The first kappa shape index (κ1) is 23.0. The van der Waals surface area contributed by atoms with E-state index in [2.05, 4.69) is 89.2 Å². The molecule has 0 fully saturated rings. The number of hydrogen-bond donors (Lipinski definition) is 2. The molecule has 3 heterocycles. The Balaban J connectivity index is 1.33. The van der Waals surface area contributed by atoms with Gasteiger partial charge in [-0.25, -0.2) is 15.0 Å². The molecular weight excluding hydrogens is 432 g/mol. The van der Waals surface area contributed by atoms with Crippen molar-refractivity contribution in [2.24, 2.45) is 0 Å². The number of hydrogen-bond acceptors (Lipinski definition) is 6. The first-order chi connectivity index (χ1) is 17.2. The summed E-state index contributed by atoms with van der Waals surface area (Å²) in [5.74, 6) is 1.63. The molecule has 6 nitrogen and oxygen atoms in total. The molecule has 35 heavy (non-hydrogen) atoms. The number of nitrogens with zero attached hydrogens (tertiary/aromatic N) is 4. The molecular formula is C29H32N6. The predicted octanol–water partition coefficient (Wildman–Crippen LogP) is 5.35. The number of nitrogens with one attached hydrogen (secondary N) is 2. The Bertz CT molecular complexity index is 1260. The second-order valence-electron chi connectivity index (χ2n) is 9.31. The second kappa shape index (κ2) is 10.7. The van der Waals surface area contributed by atoms with Gasteiger partial charge >= 0.3 is 0 Å². The van der Waals surface area contributed by atoms with E-state index in [-0.39, 0.29) is 6.04 Å². The SMILES string of the molecule is CN(C)Cc1cc2c(nc1-c1ccccc1)NC(c1ccnc(NCCc3ccccc3)n1)CC2. The van der Waals surface area contributed by atoms with Gasteiger partial charge in [0.1, 0.15) is 5.82 Å². The van der Waals surface area contributed by atoms with Crippen LogP contribution in [0.2, 0.25) is 0 Å². The quantitative estimate of drug-likeness (QED) is 0.366. The molecule has 4 aromatic rings. The maximum Gasteiger partial charge on any atom is 0.222 e. The van der Waals surface area contributed by atoms with E-state index in [1.165, 1.54) is 16.7 Å². The van der Waals surface area contributed by atoms with E-state index in [9.17, 15) is 0 Å². The molecule has 2 N–H and O–H groups in total. The topological polar surface area (TPSA) is 66.0 Å². The molecule has 1 unspecified atom stereocenters. The van der Waals surface area contributed by atoms with Crippen molar-refractivity contribution in [3.63, 3.8) is 0 Å². The molecule has 2 aromatic carbocycles. The van der Waals surface area contributed by atoms with Crippen LogP contribution in [0, 0.1) is 0 Å². The van der Waals surface area contributed by atoms with Gasteiger partial charge in [0.05, 0.1) is 17.4 Å². The van der Waals surface area contributed by atoms with Crippen LogP contribution in [0.4, 0.5) is 11.8 Å². The summed E-state index contributed by atoms with van der Waals surface area (Å²) in [4.78, 5) is 16.6. The van der Waals surface area contributed by atoms with Crippen molar-refractivity contribution < 1.29 is 0 Å². The molecule has 1 aliphatic rings. The zero-order valence-electron chi connectivity index (χ0n) is 20.4. The van der Waals surface area contributed by atoms with Gasteiger partial charge in [0.2, 0.25) is 5.95 Å². The lowest BCUT2D eigenvalue weighted by atomic mass is 9.95. The van der Waals surface area contributed by atoms with Crippen LogP contribution in [0.1, 0.15) is 34.8 Å². The third kappa shape index (κ3) is 5.66. The highest BCUT2D eigenvalue weighted by Crippen LogP contribution is 2.35. The number of aromatic nitrogens is 3. The Labute approximate surface area is 207 Å². The van der Waals surface area contributed by atoms with E-state index in [0.29, 0.717) is 5.95 Å². The Morgan fingerprint density at radius 2 is 1.74 bits per heavy atom. The fourth-order valence-corrected chi connectivity index (χ4v) is 4.60. The van der Waals surface area contributed by atoms with Crippen LogP contribution in [0.3, 0.4) is 0 Å². The van der Waals surface area contributed by atoms with Gasteiger partial charge in [0.15, 0.2) is 0 Å². The predicted molar refractivity (Wildman–Crippen MR) is 142 cm³/mol. The molecule has 2 aromatic heterocycles. The van der Waals surface area contributed by atoms with Crippen LogP contribution in [0.15, 0.2) is 79.0 Å². The average Bonchev–Trinajstić information content (AvgIpc) is 2.89. The van der Waals surface area contributed by atoms with E-state index in [0.717, 1.165) is 55.1 Å². The first-order valence-corrected chi connectivity index (χ1v) is 12.3. The monoisotopic (exact) mass is 464 g/mol. The minimum Gasteiger partial charge on any atom is -0.361 e. The molecule has 1 atom stereocenters. The molecule has 0 radical (unpaired) electrons. The van der Waals surface area contributed by atoms with Gasteiger partial charge in [-0.2, -0.15) is 0 Å². The normalized spacial score (nSPS) is 14.9. The van der Waals surface area contributed by atoms with Gasteiger partial charge in [-0.15, -0.1) is 0 Å². The van der Waals surface area contributed by atoms with Crippen LogP contribution in [0.5, 0.6) is 0 Å². The number of benzene rings is 2. The minimum atomic E-state index is 0.107. The number of pyridine rings is 1. The third-order valence-electron chi connectivity index (χ3n) is 6.30. The summed E-state index contributed by atoms with van der Waals surface area (Å²) >= 11 is 0. The maximum absolute atomic E-state index is 5.12. The van der Waals surface area contributed by atoms with Crippen molar-refractivity contribution in [2.75, 3.05) is 31.3 Å². The molecule has 0 aliphatic carbocycles. The number of anilines is 2. The summed E-state index contributed by atoms with van der Waals surface area (Å²) < 4.78 is 0. The van der Waals surface area contributed by atoms with Crippen molar-refractivity contribution in [1.29, 1.82) is 0 Å². The number of rotatable bonds is 8. The summed E-state index contributed by atoms with van der Waals surface area (Å²) in [5.41, 5.74) is 7.00. The van der Waals surface area contributed by atoms with E-state index >= 15 is 0 Å². The van der Waals surface area contributed by atoms with E-state index < -0.39 is 0 Å². The molecule has 0 spiro atoms. The molecule has 5 rings (SSSR count). The molecule has 178 valence electrons. The van der Waals surface area contributed by atoms with Crippen LogP contribution in [0.25, 0.3) is 11.3 Å². The first-order valence-electron chi connectivity index (χ1n) is 12.3. The van der Waals surface area contributed by atoms with Crippen molar-refractivity contribution in [3.05, 3.63) is 101 Å². The number of fused-ring (bicyclic) bond motifs is 1. The van der Waals surface area contributed by atoms with Crippen molar-refractivity contribution in [3.8, 4) is 11.3 Å². The molecule has 6 heteroatoms. The molecule has 1 aliphatic heterocycles. The third-order valence-corrected chi connectivity index (χ3v) is 6.30. The van der Waals surface area contributed by atoms with Crippen molar-refractivity contribution in [2.45, 2.75) is 31.8 Å². The lowest BCUT2D eigenvalue weighted by Gasteiger charge is -2.28. The fourth-order valence-electron chi connectivity index (χ4n) is 4.60.